The summed E-state index contributed by atoms with van der Waals surface area (Å²) in [5, 5.41) is 13.9. The van der Waals surface area contributed by atoms with E-state index in [1.54, 1.807) is 48.2 Å². The van der Waals surface area contributed by atoms with E-state index in [1.165, 1.54) is 19.1 Å². The molecular formula is C23H25N3O6. The second-order valence-corrected chi connectivity index (χ2v) is 7.80. The maximum absolute atomic E-state index is 13.1. The van der Waals surface area contributed by atoms with Crippen molar-refractivity contribution in [3.05, 3.63) is 69.8 Å². The monoisotopic (exact) mass is 439 g/mol. The molecule has 1 heterocycles. The lowest BCUT2D eigenvalue weighted by Gasteiger charge is -2.31. The molecule has 1 aliphatic rings. The molecule has 3 rings (SSSR count). The Morgan fingerprint density at radius 1 is 1.19 bits per heavy atom. The van der Waals surface area contributed by atoms with Gasteiger partial charge in [0.1, 0.15) is 5.69 Å². The van der Waals surface area contributed by atoms with E-state index in [2.05, 4.69) is 5.32 Å². The number of benzene rings is 2. The number of anilines is 1. The highest BCUT2D eigenvalue weighted by Gasteiger charge is 2.33. The number of hydrogen-bond donors (Lipinski definition) is 1. The third-order valence-corrected chi connectivity index (χ3v) is 5.38. The molecule has 2 aromatic rings. The molecule has 0 unspecified atom stereocenters. The lowest BCUT2D eigenvalue weighted by Crippen LogP contribution is -2.42. The molecule has 2 aromatic carbocycles. The number of aryl methyl sites for hydroxylation is 1. The molecule has 0 radical (unpaired) electrons. The van der Waals surface area contributed by atoms with Gasteiger partial charge in [-0.05, 0) is 31.4 Å². The number of rotatable bonds is 6. The zero-order valence-electron chi connectivity index (χ0n) is 17.9. The highest BCUT2D eigenvalue weighted by Crippen LogP contribution is 2.29. The Hall–Kier alpha value is -3.75. The van der Waals surface area contributed by atoms with Crippen molar-refractivity contribution in [1.29, 1.82) is 0 Å². The molecule has 0 saturated carbocycles. The summed E-state index contributed by atoms with van der Waals surface area (Å²) in [6.07, 6.45) is -0.0796. The van der Waals surface area contributed by atoms with Gasteiger partial charge in [0.25, 0.3) is 11.6 Å². The molecule has 1 N–H and O–H groups in total. The van der Waals surface area contributed by atoms with E-state index in [0.29, 0.717) is 30.5 Å². The van der Waals surface area contributed by atoms with Gasteiger partial charge in [0.15, 0.2) is 0 Å². The first-order valence-electron chi connectivity index (χ1n) is 10.3. The van der Waals surface area contributed by atoms with Crippen LogP contribution in [0.5, 0.6) is 0 Å². The first kappa shape index (κ1) is 22.9. The summed E-state index contributed by atoms with van der Waals surface area (Å²) in [5.41, 5.74) is 0.879. The summed E-state index contributed by atoms with van der Waals surface area (Å²) >= 11 is 0. The van der Waals surface area contributed by atoms with Crippen molar-refractivity contribution in [3.63, 3.8) is 0 Å². The Labute approximate surface area is 185 Å². The number of esters is 1. The molecule has 0 bridgehead atoms. The number of nitro benzene ring substituents is 1. The van der Waals surface area contributed by atoms with Crippen LogP contribution in [-0.4, -0.2) is 40.7 Å². The lowest BCUT2D eigenvalue weighted by molar-refractivity contribution is -0.384. The van der Waals surface area contributed by atoms with Gasteiger partial charge >= 0.3 is 5.97 Å². The molecule has 0 spiro atoms. The molecule has 1 saturated heterocycles. The molecular weight excluding hydrogens is 414 g/mol. The van der Waals surface area contributed by atoms with E-state index in [4.69, 9.17) is 4.74 Å². The average Bonchev–Trinajstić information content (AvgIpc) is 2.78. The Balaban J connectivity index is 1.82. The largest absolute Gasteiger partial charge is 0.447 e. The number of amides is 2. The number of ether oxygens (including phenoxy) is 1. The van der Waals surface area contributed by atoms with Crippen LogP contribution in [0.4, 0.5) is 11.4 Å². The minimum Gasteiger partial charge on any atom is -0.447 e. The van der Waals surface area contributed by atoms with Crippen LogP contribution in [0.1, 0.15) is 37.0 Å². The Morgan fingerprint density at radius 2 is 1.91 bits per heavy atom. The third-order valence-electron chi connectivity index (χ3n) is 5.38. The average molecular weight is 439 g/mol. The lowest BCUT2D eigenvalue weighted by atomic mass is 9.98. The van der Waals surface area contributed by atoms with Gasteiger partial charge in [0.05, 0.1) is 10.8 Å². The minimum atomic E-state index is -1.29. The van der Waals surface area contributed by atoms with Crippen LogP contribution >= 0.6 is 0 Å². The molecule has 0 aromatic heterocycles. The van der Waals surface area contributed by atoms with Gasteiger partial charge in [0, 0.05) is 31.6 Å². The number of nitro groups is 1. The quantitative estimate of drug-likeness (QED) is 0.419. The second-order valence-electron chi connectivity index (χ2n) is 7.80. The normalized spacial score (nSPS) is 16.7. The molecule has 32 heavy (non-hydrogen) atoms. The van der Waals surface area contributed by atoms with Gasteiger partial charge in [-0.25, -0.2) is 0 Å². The van der Waals surface area contributed by atoms with Crippen LogP contribution in [0.25, 0.3) is 0 Å². The van der Waals surface area contributed by atoms with Crippen molar-refractivity contribution >= 4 is 29.2 Å². The molecule has 0 aliphatic carbocycles. The number of piperidine rings is 1. The third kappa shape index (κ3) is 5.48. The molecule has 1 aliphatic heterocycles. The Kier molecular flexibility index (Phi) is 7.19. The fraction of sp³-hybridized carbons (Fsp3) is 0.348. The van der Waals surface area contributed by atoms with Crippen LogP contribution in [0.15, 0.2) is 48.5 Å². The van der Waals surface area contributed by atoms with Gasteiger partial charge in [-0.3, -0.25) is 24.5 Å². The molecule has 168 valence electrons. The minimum absolute atomic E-state index is 0.0167. The smallest absolute Gasteiger partial charge is 0.311 e. The first-order valence-corrected chi connectivity index (χ1v) is 10.3. The zero-order chi connectivity index (χ0) is 23.3. The van der Waals surface area contributed by atoms with Crippen LogP contribution in [-0.2, 0) is 19.1 Å². The van der Waals surface area contributed by atoms with E-state index < -0.39 is 28.8 Å². The van der Waals surface area contributed by atoms with Crippen molar-refractivity contribution < 1.29 is 24.0 Å². The maximum Gasteiger partial charge on any atom is 0.311 e. The fourth-order valence-corrected chi connectivity index (χ4v) is 3.67. The molecule has 2 amide bonds. The second kappa shape index (κ2) is 10.0. The summed E-state index contributed by atoms with van der Waals surface area (Å²) in [4.78, 5) is 50.1. The van der Waals surface area contributed by atoms with Crippen molar-refractivity contribution in [1.82, 2.24) is 4.90 Å². The van der Waals surface area contributed by atoms with Crippen LogP contribution in [0.2, 0.25) is 0 Å². The number of nitrogens with zero attached hydrogens (tertiary/aromatic N) is 2. The summed E-state index contributed by atoms with van der Waals surface area (Å²) in [7, 11) is 0. The van der Waals surface area contributed by atoms with Crippen molar-refractivity contribution in [2.45, 2.75) is 32.8 Å². The van der Waals surface area contributed by atoms with Crippen LogP contribution in [0.3, 0.4) is 0 Å². The van der Waals surface area contributed by atoms with Crippen LogP contribution in [0, 0.1) is 23.0 Å². The predicted octanol–water partition coefficient (Wildman–Crippen LogP) is 3.38. The number of hydrogen-bond acceptors (Lipinski definition) is 6. The molecule has 9 nitrogen and oxygen atoms in total. The van der Waals surface area contributed by atoms with Crippen LogP contribution < -0.4 is 5.32 Å². The molecule has 9 heteroatoms. The van der Waals surface area contributed by atoms with Crippen molar-refractivity contribution in [2.24, 2.45) is 5.92 Å². The van der Waals surface area contributed by atoms with Crippen molar-refractivity contribution in [3.8, 4) is 0 Å². The van der Waals surface area contributed by atoms with Gasteiger partial charge in [-0.2, -0.15) is 0 Å². The topological polar surface area (TPSA) is 119 Å². The SMILES string of the molecule is CC(=O)N1CCC[C@@H](C(=O)O[C@@H](C(=O)Nc2ccc(C)cc2[N+](=O)[O-])c2ccccc2)C1. The summed E-state index contributed by atoms with van der Waals surface area (Å²) in [5.74, 6) is -1.94. The fourth-order valence-electron chi connectivity index (χ4n) is 3.67. The van der Waals surface area contributed by atoms with E-state index >= 15 is 0 Å². The Morgan fingerprint density at radius 3 is 2.56 bits per heavy atom. The number of carbonyl (C=O) groups excluding carboxylic acids is 3. The van der Waals surface area contributed by atoms with Crippen molar-refractivity contribution in [2.75, 3.05) is 18.4 Å². The summed E-state index contributed by atoms with van der Waals surface area (Å²) in [6, 6.07) is 12.9. The van der Waals surface area contributed by atoms with Gasteiger partial charge in [-0.1, -0.05) is 36.4 Å². The van der Waals surface area contributed by atoms with Gasteiger partial charge in [-0.15, -0.1) is 0 Å². The number of carbonyl (C=O) groups is 3. The number of likely N-dealkylation sites (tertiary alicyclic amines) is 1. The highest BCUT2D eigenvalue weighted by molar-refractivity contribution is 5.98. The van der Waals surface area contributed by atoms with Gasteiger partial charge in [0.2, 0.25) is 12.0 Å². The van der Waals surface area contributed by atoms with E-state index in [9.17, 15) is 24.5 Å². The molecule has 2 atom stereocenters. The first-order chi connectivity index (χ1) is 15.3. The summed E-state index contributed by atoms with van der Waals surface area (Å²) in [6.45, 7) is 3.98. The summed E-state index contributed by atoms with van der Waals surface area (Å²) < 4.78 is 5.60. The van der Waals surface area contributed by atoms with Gasteiger partial charge < -0.3 is 15.0 Å². The molecule has 1 fully saturated rings. The highest BCUT2D eigenvalue weighted by atomic mass is 16.6. The zero-order valence-corrected chi connectivity index (χ0v) is 17.9. The number of nitrogens with one attached hydrogen (secondary N) is 1. The van der Waals surface area contributed by atoms with E-state index in [0.717, 1.165) is 0 Å². The Bertz CT molecular complexity index is 1020. The van der Waals surface area contributed by atoms with E-state index in [1.807, 2.05) is 0 Å². The maximum atomic E-state index is 13.1. The predicted molar refractivity (Wildman–Crippen MR) is 117 cm³/mol. The van der Waals surface area contributed by atoms with E-state index in [-0.39, 0.29) is 23.8 Å². The standard InChI is InChI=1S/C23H25N3O6/c1-15-10-11-19(20(13-15)26(30)31)24-22(28)21(17-7-4-3-5-8-17)32-23(29)18-9-6-12-25(14-18)16(2)27/h3-5,7-8,10-11,13,18,21H,6,9,12,14H2,1-2H3,(H,24,28)/t18-,21-/m1/s1.